The van der Waals surface area contributed by atoms with E-state index in [0.29, 0.717) is 34.7 Å². The van der Waals surface area contributed by atoms with Crippen molar-refractivity contribution in [3.63, 3.8) is 0 Å². The van der Waals surface area contributed by atoms with Crippen LogP contribution in [0, 0.1) is 0 Å². The largest absolute Gasteiger partial charge is 0.433 e. The van der Waals surface area contributed by atoms with Crippen LogP contribution < -0.4 is 5.32 Å². The summed E-state index contributed by atoms with van der Waals surface area (Å²) in [6.07, 6.45) is -4.24. The third-order valence-electron chi connectivity index (χ3n) is 5.83. The molecule has 2 atom stereocenters. The number of alkyl halides is 3. The molecule has 1 amide bonds. The Morgan fingerprint density at radius 1 is 1.00 bits per heavy atom. The molecule has 33 heavy (non-hydrogen) atoms. The Morgan fingerprint density at radius 3 is 2.48 bits per heavy atom. The molecular weight excluding hydrogens is 453 g/mol. The third kappa shape index (κ3) is 4.14. The van der Waals surface area contributed by atoms with Gasteiger partial charge in [0.1, 0.15) is 5.69 Å². The number of halogens is 4. The van der Waals surface area contributed by atoms with Crippen molar-refractivity contribution in [2.45, 2.75) is 31.2 Å². The second-order valence-electron chi connectivity index (χ2n) is 7.94. The molecule has 1 fully saturated rings. The topological polar surface area (TPSA) is 51.2 Å². The first-order valence-electron chi connectivity index (χ1n) is 10.4. The Hall–Kier alpha value is -3.16. The van der Waals surface area contributed by atoms with Crippen LogP contribution >= 0.6 is 11.6 Å². The number of amides is 1. The molecule has 1 unspecified atom stereocenters. The van der Waals surface area contributed by atoms with Crippen LogP contribution in [0.25, 0.3) is 16.7 Å². The van der Waals surface area contributed by atoms with E-state index < -0.39 is 30.0 Å². The van der Waals surface area contributed by atoms with E-state index in [9.17, 15) is 18.0 Å². The zero-order valence-electron chi connectivity index (χ0n) is 17.2. The minimum Gasteiger partial charge on any atom is -0.365 e. The van der Waals surface area contributed by atoms with E-state index in [4.69, 9.17) is 16.3 Å². The lowest BCUT2D eigenvalue weighted by Gasteiger charge is -2.17. The zero-order valence-corrected chi connectivity index (χ0v) is 18.0. The van der Waals surface area contributed by atoms with Gasteiger partial charge in [0, 0.05) is 16.8 Å². The number of nitrogens with zero attached hydrogens (tertiary/aromatic N) is 1. The maximum absolute atomic E-state index is 13.2. The number of anilines is 1. The number of nitrogens with one attached hydrogen (secondary N) is 1. The lowest BCUT2D eigenvalue weighted by atomic mass is 9.89. The molecule has 3 heterocycles. The van der Waals surface area contributed by atoms with Gasteiger partial charge in [-0.15, -0.1) is 0 Å². The zero-order chi connectivity index (χ0) is 23.2. The average molecular weight is 471 g/mol. The predicted octanol–water partition coefficient (Wildman–Crippen LogP) is 6.37. The highest BCUT2D eigenvalue weighted by Gasteiger charge is 2.45. The summed E-state index contributed by atoms with van der Waals surface area (Å²) in [6, 6.07) is 18.5. The minimum atomic E-state index is -4.57. The second kappa shape index (κ2) is 8.32. The second-order valence-corrected chi connectivity index (χ2v) is 8.35. The molecule has 8 heteroatoms. The smallest absolute Gasteiger partial charge is 0.365 e. The summed E-state index contributed by atoms with van der Waals surface area (Å²) in [5.41, 5.74) is 2.10. The average Bonchev–Trinajstić information content (AvgIpc) is 3.41. The Labute approximate surface area is 193 Å². The molecular formula is C25H18ClF3N2O2. The highest BCUT2D eigenvalue weighted by Crippen LogP contribution is 2.44. The maximum atomic E-state index is 13.2. The van der Waals surface area contributed by atoms with Gasteiger partial charge < -0.3 is 10.1 Å². The van der Waals surface area contributed by atoms with E-state index in [1.165, 1.54) is 12.1 Å². The van der Waals surface area contributed by atoms with Crippen LogP contribution in [-0.2, 0) is 15.7 Å². The van der Waals surface area contributed by atoms with Gasteiger partial charge >= 0.3 is 6.18 Å². The summed E-state index contributed by atoms with van der Waals surface area (Å²) < 4.78 is 45.4. The van der Waals surface area contributed by atoms with Gasteiger partial charge in [-0.1, -0.05) is 54.1 Å². The van der Waals surface area contributed by atoms with Crippen molar-refractivity contribution in [1.82, 2.24) is 4.98 Å². The molecule has 0 aliphatic carbocycles. The fourth-order valence-corrected chi connectivity index (χ4v) is 4.66. The monoisotopic (exact) mass is 470 g/mol. The number of hydrogen-bond acceptors (Lipinski definition) is 3. The van der Waals surface area contributed by atoms with Crippen molar-refractivity contribution in [3.05, 3.63) is 88.7 Å². The van der Waals surface area contributed by atoms with Gasteiger partial charge in [-0.25, -0.2) is 4.98 Å². The summed E-state index contributed by atoms with van der Waals surface area (Å²) in [5.74, 6) is -0.431. The van der Waals surface area contributed by atoms with Gasteiger partial charge in [0.25, 0.3) is 5.91 Å². The SMILES string of the molecule is O=C(Nc1ccc(-c2ccccc2)c(Cl)c1)C1=C(c2cccc(C(F)(F)F)n2)[C@@H]2CCC1O2. The summed E-state index contributed by atoms with van der Waals surface area (Å²) in [4.78, 5) is 17.0. The van der Waals surface area contributed by atoms with Crippen LogP contribution in [0.15, 0.2) is 72.3 Å². The number of pyridine rings is 1. The molecule has 2 aliphatic heterocycles. The van der Waals surface area contributed by atoms with Gasteiger partial charge in [0.2, 0.25) is 0 Å². The number of carbonyl (C=O) groups is 1. The summed E-state index contributed by atoms with van der Waals surface area (Å²) in [7, 11) is 0. The van der Waals surface area contributed by atoms with E-state index in [0.717, 1.165) is 17.2 Å². The quantitative estimate of drug-likeness (QED) is 0.481. The molecule has 1 saturated heterocycles. The van der Waals surface area contributed by atoms with E-state index in [2.05, 4.69) is 10.3 Å². The van der Waals surface area contributed by atoms with Crippen molar-refractivity contribution in [2.75, 3.05) is 5.32 Å². The summed E-state index contributed by atoms with van der Waals surface area (Å²) in [6.45, 7) is 0. The van der Waals surface area contributed by atoms with Crippen LogP contribution in [0.1, 0.15) is 24.2 Å². The van der Waals surface area contributed by atoms with Crippen LogP contribution in [-0.4, -0.2) is 23.1 Å². The third-order valence-corrected chi connectivity index (χ3v) is 6.14. The van der Waals surface area contributed by atoms with Crippen LogP contribution in [0.4, 0.5) is 18.9 Å². The number of fused-ring (bicyclic) bond motifs is 2. The first-order chi connectivity index (χ1) is 15.8. The number of carbonyl (C=O) groups excluding carboxylic acids is 1. The molecule has 1 aromatic heterocycles. The van der Waals surface area contributed by atoms with Gasteiger partial charge in [-0.3, -0.25) is 4.79 Å². The molecule has 2 aliphatic rings. The molecule has 4 nitrogen and oxygen atoms in total. The summed E-state index contributed by atoms with van der Waals surface area (Å²) >= 11 is 6.45. The Bertz CT molecular complexity index is 1260. The van der Waals surface area contributed by atoms with Crippen molar-refractivity contribution < 1.29 is 22.7 Å². The molecule has 2 bridgehead atoms. The fourth-order valence-electron chi connectivity index (χ4n) is 4.37. The predicted molar refractivity (Wildman–Crippen MR) is 120 cm³/mol. The van der Waals surface area contributed by atoms with Crippen LogP contribution in [0.3, 0.4) is 0 Å². The van der Waals surface area contributed by atoms with Crippen molar-refractivity contribution in [1.29, 1.82) is 0 Å². The number of aromatic nitrogens is 1. The highest BCUT2D eigenvalue weighted by atomic mass is 35.5. The fraction of sp³-hybridized carbons (Fsp3) is 0.200. The minimum absolute atomic E-state index is 0.111. The van der Waals surface area contributed by atoms with Crippen LogP contribution in [0.2, 0.25) is 5.02 Å². The molecule has 3 aromatic rings. The van der Waals surface area contributed by atoms with Gasteiger partial charge in [0.05, 0.1) is 28.5 Å². The maximum Gasteiger partial charge on any atom is 0.433 e. The standard InChI is InChI=1S/C25H18ClF3N2O2/c26-17-13-15(9-10-16(17)14-5-2-1-3-6-14)30-24(32)23-20-12-11-19(33-20)22(23)18-7-4-8-21(31-18)25(27,28)29/h1-10,13,19-20H,11-12H2,(H,30,32)/t19-,20?/m0/s1. The van der Waals surface area contributed by atoms with E-state index >= 15 is 0 Å². The number of hydrogen-bond donors (Lipinski definition) is 1. The molecule has 1 N–H and O–H groups in total. The van der Waals surface area contributed by atoms with E-state index in [1.54, 1.807) is 12.1 Å². The van der Waals surface area contributed by atoms with Crippen LogP contribution in [0.5, 0.6) is 0 Å². The molecule has 0 spiro atoms. The van der Waals surface area contributed by atoms with Crippen molar-refractivity contribution >= 4 is 28.8 Å². The molecule has 0 radical (unpaired) electrons. The van der Waals surface area contributed by atoms with Gasteiger partial charge in [-0.05, 0) is 42.7 Å². The number of rotatable bonds is 4. The molecule has 168 valence electrons. The Morgan fingerprint density at radius 2 is 1.76 bits per heavy atom. The lowest BCUT2D eigenvalue weighted by molar-refractivity contribution is -0.141. The lowest BCUT2D eigenvalue weighted by Crippen LogP contribution is -2.23. The van der Waals surface area contributed by atoms with E-state index in [-0.39, 0.29) is 5.69 Å². The van der Waals surface area contributed by atoms with E-state index in [1.807, 2.05) is 36.4 Å². The normalized spacial score (nSPS) is 19.8. The molecule has 0 saturated carbocycles. The number of benzene rings is 2. The highest BCUT2D eigenvalue weighted by molar-refractivity contribution is 6.33. The molecule has 2 aromatic carbocycles. The molecule has 5 rings (SSSR count). The summed E-state index contributed by atoms with van der Waals surface area (Å²) in [5, 5.41) is 3.29. The van der Waals surface area contributed by atoms with Crippen molar-refractivity contribution in [2.24, 2.45) is 0 Å². The first-order valence-corrected chi connectivity index (χ1v) is 10.8. The van der Waals surface area contributed by atoms with Gasteiger partial charge in [0.15, 0.2) is 0 Å². The number of ether oxygens (including phenoxy) is 1. The first kappa shape index (κ1) is 21.7. The Balaban J connectivity index is 1.46. The Kier molecular flexibility index (Phi) is 5.46. The van der Waals surface area contributed by atoms with Gasteiger partial charge in [-0.2, -0.15) is 13.2 Å². The van der Waals surface area contributed by atoms with Crippen molar-refractivity contribution in [3.8, 4) is 11.1 Å².